The molecule has 5 aromatic rings. The van der Waals surface area contributed by atoms with Crippen molar-refractivity contribution in [2.24, 2.45) is 17.8 Å². The second-order valence-corrected chi connectivity index (χ2v) is 23.6. The molecule has 0 aliphatic heterocycles. The van der Waals surface area contributed by atoms with Gasteiger partial charge in [-0.1, -0.05) is 204 Å². The van der Waals surface area contributed by atoms with Crippen LogP contribution in [0.1, 0.15) is 195 Å². The smallest absolute Gasteiger partial charge is 0.501 e. The number of thioether (sulfide) groups is 1. The van der Waals surface area contributed by atoms with Crippen LogP contribution in [-0.2, 0) is 21.7 Å². The van der Waals surface area contributed by atoms with Crippen LogP contribution in [-0.4, -0.2) is 32.4 Å². The van der Waals surface area contributed by atoms with Gasteiger partial charge >= 0.3 is 5.51 Å². The second-order valence-electron chi connectivity index (χ2n) is 20.8. The number of rotatable bonds is 13. The van der Waals surface area contributed by atoms with Crippen molar-refractivity contribution >= 4 is 21.6 Å². The third kappa shape index (κ3) is 27.4. The van der Waals surface area contributed by atoms with Crippen LogP contribution < -0.4 is 4.74 Å². The average molecular weight is 1030 g/mol. The van der Waals surface area contributed by atoms with Gasteiger partial charge in [-0.3, -0.25) is 0 Å². The van der Waals surface area contributed by atoms with E-state index in [0.717, 1.165) is 53.2 Å². The molecule has 71 heavy (non-hydrogen) atoms. The van der Waals surface area contributed by atoms with Crippen LogP contribution in [0.4, 0.5) is 13.2 Å². The Morgan fingerprint density at radius 3 is 1.44 bits per heavy atom. The first kappa shape index (κ1) is 68.9. The van der Waals surface area contributed by atoms with Gasteiger partial charge < -0.3 is 9.84 Å². The van der Waals surface area contributed by atoms with E-state index in [-0.39, 0.29) is 18.8 Å². The highest BCUT2D eigenvalue weighted by Crippen LogP contribution is 2.34. The molecule has 0 aromatic heterocycles. The van der Waals surface area contributed by atoms with Gasteiger partial charge in [0, 0.05) is 4.90 Å². The fourth-order valence-corrected chi connectivity index (χ4v) is 8.06. The maximum atomic E-state index is 12.2. The predicted molar refractivity (Wildman–Crippen MR) is 305 cm³/mol. The molecule has 0 atom stereocenters. The van der Waals surface area contributed by atoms with E-state index in [0.29, 0.717) is 23.5 Å². The van der Waals surface area contributed by atoms with Crippen molar-refractivity contribution in [2.45, 2.75) is 189 Å². The number of ether oxygens (including phenoxy) is 1. The zero-order valence-electron chi connectivity index (χ0n) is 46.3. The van der Waals surface area contributed by atoms with Crippen LogP contribution in [0, 0.1) is 17.8 Å². The zero-order valence-corrected chi connectivity index (χ0v) is 48.0. The molecule has 0 radical (unpaired) electrons. The second kappa shape index (κ2) is 34.3. The first-order chi connectivity index (χ1) is 32.4. The molecule has 0 spiro atoms. The number of phenolic OH excluding ortho intramolecular Hbond substituents is 1. The summed E-state index contributed by atoms with van der Waals surface area (Å²) in [6, 6.07) is 38.3. The van der Waals surface area contributed by atoms with Gasteiger partial charge in [0.2, 0.25) is 0 Å². The molecule has 0 fully saturated rings. The van der Waals surface area contributed by atoms with Crippen molar-refractivity contribution in [2.75, 3.05) is 13.4 Å². The fourth-order valence-electron chi connectivity index (χ4n) is 6.83. The molecule has 4 nitrogen and oxygen atoms in total. The molecule has 5 rings (SSSR count). The minimum atomic E-state index is -5.24. The predicted octanol–water partition coefficient (Wildman–Crippen LogP) is 19.9. The standard InChI is InChI=1S/C14H22O.C10H11F3O2S.C10H14O.C10H14S.C10H14.C7H16.CH4/c1-6-14(4,5)11-7-8-13(15)12(9-11)10(2)3;1-7(2)8-3-5-9(6-4-8)16(14,15)10(11,12)13;1-8(2)9-4-6-10(11-3)7-5-9;1-8(2)9-5-4-6-10(7-9)11-3;1-9(2)8-10-6-4-3-5-7-10;1-6(2)5-7(3)4;/h7-10,15H,6H2,1-5H3;3-7H,1-2H3;2*4-8H,1-3H3;3-7,9H,8H2,1-2H3;6-7H,5H2,1-4H3;1H4. The highest BCUT2D eigenvalue weighted by molar-refractivity contribution is 7.98. The number of methoxy groups -OCH3 is 1. The Morgan fingerprint density at radius 2 is 1.07 bits per heavy atom. The number of phenols is 1. The number of sulfone groups is 1. The Morgan fingerprint density at radius 1 is 0.592 bits per heavy atom. The monoisotopic (exact) mass is 1020 g/mol. The third-order valence-electron chi connectivity index (χ3n) is 11.4. The molecule has 400 valence electrons. The number of benzene rings is 5. The number of alkyl halides is 3. The van der Waals surface area contributed by atoms with Crippen LogP contribution in [0.15, 0.2) is 131 Å². The summed E-state index contributed by atoms with van der Waals surface area (Å²) in [5.74, 6) is 5.61. The number of hydrogen-bond donors (Lipinski definition) is 1. The number of hydrogen-bond acceptors (Lipinski definition) is 5. The molecule has 5 aromatic carbocycles. The van der Waals surface area contributed by atoms with Gasteiger partial charge in [-0.05, 0) is 148 Å². The van der Waals surface area contributed by atoms with Crippen molar-refractivity contribution in [3.8, 4) is 11.5 Å². The summed E-state index contributed by atoms with van der Waals surface area (Å²) in [6.45, 7) is 37.0. The summed E-state index contributed by atoms with van der Waals surface area (Å²) in [7, 11) is -3.53. The summed E-state index contributed by atoms with van der Waals surface area (Å²) >= 11 is 1.80. The Bertz CT molecular complexity index is 2240. The molecular weight excluding hydrogens is 930 g/mol. The van der Waals surface area contributed by atoms with Crippen molar-refractivity contribution in [1.82, 2.24) is 0 Å². The SMILES string of the molecule is C.CC(C)CC(C)C.CC(C)Cc1ccccc1.CC(C)c1ccc(S(=O)(=O)C(F)(F)F)cc1.CCC(C)(C)c1ccc(O)c(C(C)C)c1.COc1ccc(C(C)C)cc1.CSc1cccc(C(C)C)c1. The number of aromatic hydroxyl groups is 1. The van der Waals surface area contributed by atoms with E-state index in [2.05, 4.69) is 183 Å². The molecule has 0 bridgehead atoms. The molecule has 0 saturated heterocycles. The third-order valence-corrected chi connectivity index (χ3v) is 13.7. The lowest BCUT2D eigenvalue weighted by atomic mass is 9.80. The highest BCUT2D eigenvalue weighted by atomic mass is 32.2. The van der Waals surface area contributed by atoms with Gasteiger partial charge in [-0.2, -0.15) is 13.2 Å². The first-order valence-electron chi connectivity index (χ1n) is 25.0. The summed E-state index contributed by atoms with van der Waals surface area (Å²) in [5, 5.41) is 9.74. The largest absolute Gasteiger partial charge is 0.508 e. The molecule has 0 unspecified atom stereocenters. The lowest BCUT2D eigenvalue weighted by Gasteiger charge is -2.24. The van der Waals surface area contributed by atoms with Crippen molar-refractivity contribution < 1.29 is 31.4 Å². The molecule has 0 saturated carbocycles. The van der Waals surface area contributed by atoms with Crippen molar-refractivity contribution in [1.29, 1.82) is 0 Å². The Kier molecular flexibility index (Phi) is 33.2. The molecule has 0 aliphatic carbocycles. The molecule has 9 heteroatoms. The summed E-state index contributed by atoms with van der Waals surface area (Å²) in [6.07, 6.45) is 5.77. The van der Waals surface area contributed by atoms with Crippen molar-refractivity contribution in [3.63, 3.8) is 0 Å². The maximum absolute atomic E-state index is 12.2. The molecule has 0 heterocycles. The lowest BCUT2D eigenvalue weighted by Crippen LogP contribution is -2.23. The van der Waals surface area contributed by atoms with Crippen LogP contribution in [0.3, 0.4) is 0 Å². The summed E-state index contributed by atoms with van der Waals surface area (Å²) in [4.78, 5) is 0.639. The average Bonchev–Trinajstić information content (AvgIpc) is 3.29. The van der Waals surface area contributed by atoms with Gasteiger partial charge in [0.05, 0.1) is 12.0 Å². The van der Waals surface area contributed by atoms with Crippen LogP contribution in [0.25, 0.3) is 0 Å². The van der Waals surface area contributed by atoms with E-state index >= 15 is 0 Å². The fraction of sp³-hybridized carbons (Fsp3) is 0.516. The molecule has 0 aliphatic rings. The van der Waals surface area contributed by atoms with Gasteiger partial charge in [0.1, 0.15) is 11.5 Å². The van der Waals surface area contributed by atoms with E-state index < -0.39 is 20.2 Å². The minimum Gasteiger partial charge on any atom is -0.508 e. The molecule has 1 N–H and O–H groups in total. The van der Waals surface area contributed by atoms with E-state index in [1.165, 1.54) is 52.1 Å². The molecule has 0 amide bonds. The zero-order chi connectivity index (χ0) is 54.0. The maximum Gasteiger partial charge on any atom is 0.501 e. The van der Waals surface area contributed by atoms with E-state index in [1.807, 2.05) is 38.1 Å². The Hall–Kier alpha value is -4.21. The molecular formula is C62H95F3O4S2. The Balaban J connectivity index is 0. The quantitative estimate of drug-likeness (QED) is 0.119. The van der Waals surface area contributed by atoms with Crippen LogP contribution in [0.5, 0.6) is 11.5 Å². The number of halogens is 3. The van der Waals surface area contributed by atoms with Gasteiger partial charge in [-0.25, -0.2) is 8.42 Å². The van der Waals surface area contributed by atoms with E-state index in [9.17, 15) is 26.7 Å². The summed E-state index contributed by atoms with van der Waals surface area (Å²) < 4.78 is 63.6. The van der Waals surface area contributed by atoms with E-state index in [4.69, 9.17) is 4.74 Å². The van der Waals surface area contributed by atoms with Crippen LogP contribution >= 0.6 is 11.8 Å². The van der Waals surface area contributed by atoms with Gasteiger partial charge in [0.25, 0.3) is 9.84 Å². The van der Waals surface area contributed by atoms with Gasteiger partial charge in [-0.15, -0.1) is 11.8 Å². The minimum absolute atomic E-state index is 0. The van der Waals surface area contributed by atoms with Crippen molar-refractivity contribution in [3.05, 3.63) is 155 Å². The first-order valence-corrected chi connectivity index (χ1v) is 27.7. The normalized spacial score (nSPS) is 11.3. The highest BCUT2D eigenvalue weighted by Gasteiger charge is 2.46. The topological polar surface area (TPSA) is 63.6 Å². The Labute approximate surface area is 437 Å². The lowest BCUT2D eigenvalue weighted by molar-refractivity contribution is -0.0436. The van der Waals surface area contributed by atoms with Crippen LogP contribution in [0.2, 0.25) is 0 Å². The summed E-state index contributed by atoms with van der Waals surface area (Å²) in [5.41, 5.74) is 2.32. The van der Waals surface area contributed by atoms with Gasteiger partial charge in [0.15, 0.2) is 0 Å². The van der Waals surface area contributed by atoms with E-state index in [1.54, 1.807) is 18.9 Å².